The summed E-state index contributed by atoms with van der Waals surface area (Å²) in [5, 5.41) is 0.501. The van der Waals surface area contributed by atoms with Crippen molar-refractivity contribution in [2.45, 2.75) is 18.6 Å². The first-order chi connectivity index (χ1) is 14.2. The Kier molecular flexibility index (Phi) is 5.92. The van der Waals surface area contributed by atoms with Crippen molar-refractivity contribution >= 4 is 17.5 Å². The van der Waals surface area contributed by atoms with Gasteiger partial charge in [0.2, 0.25) is 0 Å². The van der Waals surface area contributed by atoms with Gasteiger partial charge in [-0.05, 0) is 12.0 Å². The monoisotopic (exact) mass is 399 g/mol. The molecule has 0 amide bonds. The number of oxazole rings is 1. The molecule has 0 fully saturated rings. The zero-order chi connectivity index (χ0) is 20.1. The van der Waals surface area contributed by atoms with Crippen LogP contribution >= 0.6 is 11.8 Å². The van der Waals surface area contributed by atoms with Crippen molar-refractivity contribution in [3.8, 4) is 22.6 Å². The SMILES string of the molecule is CCc1ccc(C(=O)CSc2nc(-c3ccccc3)c(-c3ccccc3)o2)cc1. The quantitative estimate of drug-likeness (QED) is 0.261. The minimum atomic E-state index is 0.0679. The summed E-state index contributed by atoms with van der Waals surface area (Å²) >= 11 is 1.33. The van der Waals surface area contributed by atoms with Crippen molar-refractivity contribution < 1.29 is 9.21 Å². The van der Waals surface area contributed by atoms with Gasteiger partial charge >= 0.3 is 0 Å². The molecule has 144 valence electrons. The Hall–Kier alpha value is -3.11. The fraction of sp³-hybridized carbons (Fsp3) is 0.120. The first-order valence-electron chi connectivity index (χ1n) is 9.61. The minimum absolute atomic E-state index is 0.0679. The van der Waals surface area contributed by atoms with Crippen molar-refractivity contribution in [1.82, 2.24) is 4.98 Å². The fourth-order valence-electron chi connectivity index (χ4n) is 3.08. The molecule has 0 aliphatic rings. The van der Waals surface area contributed by atoms with Crippen molar-refractivity contribution in [2.75, 3.05) is 5.75 Å². The molecule has 0 saturated carbocycles. The Balaban J connectivity index is 1.58. The Morgan fingerprint density at radius 2 is 1.48 bits per heavy atom. The van der Waals surface area contributed by atoms with Gasteiger partial charge in [-0.2, -0.15) is 0 Å². The molecule has 0 unspecified atom stereocenters. The van der Waals surface area contributed by atoms with E-state index in [-0.39, 0.29) is 11.5 Å². The van der Waals surface area contributed by atoms with E-state index >= 15 is 0 Å². The number of Topliss-reactive ketones (excluding diaryl/α,β-unsaturated/α-hetero) is 1. The summed E-state index contributed by atoms with van der Waals surface area (Å²) in [5.41, 5.74) is 4.68. The normalized spacial score (nSPS) is 10.8. The first kappa shape index (κ1) is 19.2. The van der Waals surface area contributed by atoms with Gasteiger partial charge in [0.25, 0.3) is 5.22 Å². The molecule has 1 aromatic heterocycles. The number of aromatic nitrogens is 1. The molecule has 29 heavy (non-hydrogen) atoms. The molecule has 0 saturated heterocycles. The van der Waals surface area contributed by atoms with Crippen LogP contribution in [0.4, 0.5) is 0 Å². The summed E-state index contributed by atoms with van der Waals surface area (Å²) in [5.74, 6) is 1.08. The molecule has 1 heterocycles. The fourth-order valence-corrected chi connectivity index (χ4v) is 3.80. The highest BCUT2D eigenvalue weighted by atomic mass is 32.2. The average molecular weight is 400 g/mol. The second kappa shape index (κ2) is 8.93. The summed E-state index contributed by atoms with van der Waals surface area (Å²) in [6.07, 6.45) is 0.962. The van der Waals surface area contributed by atoms with Gasteiger partial charge in [0.05, 0.1) is 5.75 Å². The van der Waals surface area contributed by atoms with Crippen LogP contribution in [0.5, 0.6) is 0 Å². The number of ketones is 1. The zero-order valence-corrected chi connectivity index (χ0v) is 17.0. The van der Waals surface area contributed by atoms with Gasteiger partial charge in [-0.1, -0.05) is 104 Å². The molecule has 0 bridgehead atoms. The lowest BCUT2D eigenvalue weighted by molar-refractivity contribution is 0.102. The number of rotatable bonds is 7. The Bertz CT molecular complexity index is 1030. The smallest absolute Gasteiger partial charge is 0.257 e. The standard InChI is InChI=1S/C25H21NO2S/c1-2-18-13-15-19(16-14-18)22(27)17-29-25-26-23(20-9-5-3-6-10-20)24(28-25)21-11-7-4-8-12-21/h3-16H,2,17H2,1H3. The van der Waals surface area contributed by atoms with Crippen LogP contribution in [-0.2, 0) is 6.42 Å². The summed E-state index contributed by atoms with van der Waals surface area (Å²) in [4.78, 5) is 17.3. The second-order valence-electron chi connectivity index (χ2n) is 6.65. The Morgan fingerprint density at radius 3 is 2.10 bits per heavy atom. The predicted molar refractivity (Wildman–Crippen MR) is 118 cm³/mol. The lowest BCUT2D eigenvalue weighted by atomic mass is 10.1. The first-order valence-corrected chi connectivity index (χ1v) is 10.6. The van der Waals surface area contributed by atoms with Crippen LogP contribution in [0, 0.1) is 0 Å². The molecule has 3 nitrogen and oxygen atoms in total. The van der Waals surface area contributed by atoms with Gasteiger partial charge in [-0.3, -0.25) is 4.79 Å². The number of aryl methyl sites for hydroxylation is 1. The molecule has 0 radical (unpaired) electrons. The maximum atomic E-state index is 12.6. The molecule has 0 spiro atoms. The number of hydrogen-bond acceptors (Lipinski definition) is 4. The number of hydrogen-bond donors (Lipinski definition) is 0. The molecular formula is C25H21NO2S. The number of benzene rings is 3. The van der Waals surface area contributed by atoms with E-state index in [9.17, 15) is 4.79 Å². The second-order valence-corrected chi connectivity index (χ2v) is 7.58. The van der Waals surface area contributed by atoms with Crippen molar-refractivity contribution in [3.63, 3.8) is 0 Å². The number of nitrogens with zero attached hydrogens (tertiary/aromatic N) is 1. The van der Waals surface area contributed by atoms with Crippen LogP contribution in [0.25, 0.3) is 22.6 Å². The third-order valence-electron chi connectivity index (χ3n) is 4.70. The molecule has 4 rings (SSSR count). The Labute approximate surface area is 174 Å². The number of carbonyl (C=O) groups excluding carboxylic acids is 1. The van der Waals surface area contributed by atoms with Crippen LogP contribution < -0.4 is 0 Å². The van der Waals surface area contributed by atoms with E-state index in [2.05, 4.69) is 6.92 Å². The molecule has 0 N–H and O–H groups in total. The van der Waals surface area contributed by atoms with Gasteiger partial charge in [0, 0.05) is 16.7 Å². The van der Waals surface area contributed by atoms with Gasteiger partial charge in [0.1, 0.15) is 5.69 Å². The molecule has 3 aromatic carbocycles. The topological polar surface area (TPSA) is 43.1 Å². The highest BCUT2D eigenvalue weighted by molar-refractivity contribution is 7.99. The summed E-state index contributed by atoms with van der Waals surface area (Å²) in [6, 6.07) is 27.7. The molecule has 0 aliphatic heterocycles. The van der Waals surface area contributed by atoms with E-state index in [1.54, 1.807) is 0 Å². The number of thioether (sulfide) groups is 1. The maximum Gasteiger partial charge on any atom is 0.257 e. The van der Waals surface area contributed by atoms with E-state index in [0.29, 0.717) is 10.8 Å². The van der Waals surface area contributed by atoms with Crippen molar-refractivity contribution in [2.24, 2.45) is 0 Å². The van der Waals surface area contributed by atoms with E-state index in [4.69, 9.17) is 9.40 Å². The summed E-state index contributed by atoms with van der Waals surface area (Å²) in [6.45, 7) is 2.10. The van der Waals surface area contributed by atoms with E-state index in [1.165, 1.54) is 17.3 Å². The van der Waals surface area contributed by atoms with Crippen LogP contribution in [0.1, 0.15) is 22.8 Å². The predicted octanol–water partition coefficient (Wildman–Crippen LogP) is 6.55. The van der Waals surface area contributed by atoms with Crippen LogP contribution in [-0.4, -0.2) is 16.5 Å². The minimum Gasteiger partial charge on any atom is -0.431 e. The third-order valence-corrected chi connectivity index (χ3v) is 5.53. The van der Waals surface area contributed by atoms with Gasteiger partial charge in [0.15, 0.2) is 11.5 Å². The molecule has 0 aliphatic carbocycles. The van der Waals surface area contributed by atoms with Crippen LogP contribution in [0.2, 0.25) is 0 Å². The van der Waals surface area contributed by atoms with Crippen LogP contribution in [0.15, 0.2) is 94.6 Å². The maximum absolute atomic E-state index is 12.6. The van der Waals surface area contributed by atoms with E-state index in [0.717, 1.165) is 29.0 Å². The zero-order valence-electron chi connectivity index (χ0n) is 16.2. The van der Waals surface area contributed by atoms with E-state index < -0.39 is 0 Å². The van der Waals surface area contributed by atoms with Gasteiger partial charge in [-0.25, -0.2) is 4.98 Å². The summed E-state index contributed by atoms with van der Waals surface area (Å²) in [7, 11) is 0. The molecule has 0 atom stereocenters. The van der Waals surface area contributed by atoms with Crippen molar-refractivity contribution in [3.05, 3.63) is 96.1 Å². The highest BCUT2D eigenvalue weighted by Gasteiger charge is 2.18. The summed E-state index contributed by atoms with van der Waals surface area (Å²) < 4.78 is 6.08. The molecule has 4 heteroatoms. The Morgan fingerprint density at radius 1 is 0.862 bits per heavy atom. The number of carbonyl (C=O) groups is 1. The lowest BCUT2D eigenvalue weighted by Crippen LogP contribution is -2.02. The van der Waals surface area contributed by atoms with Gasteiger partial charge in [-0.15, -0.1) is 0 Å². The largest absolute Gasteiger partial charge is 0.431 e. The van der Waals surface area contributed by atoms with Gasteiger partial charge < -0.3 is 4.42 Å². The van der Waals surface area contributed by atoms with Crippen molar-refractivity contribution in [1.29, 1.82) is 0 Å². The lowest BCUT2D eigenvalue weighted by Gasteiger charge is -2.01. The highest BCUT2D eigenvalue weighted by Crippen LogP contribution is 2.35. The van der Waals surface area contributed by atoms with E-state index in [1.807, 2.05) is 84.9 Å². The third kappa shape index (κ3) is 4.49. The average Bonchev–Trinajstić information content (AvgIpc) is 3.23. The van der Waals surface area contributed by atoms with Crippen LogP contribution in [0.3, 0.4) is 0 Å². The molecule has 4 aromatic rings. The molecular weight excluding hydrogens is 378 g/mol.